The van der Waals surface area contributed by atoms with E-state index in [1.165, 1.54) is 5.69 Å². The summed E-state index contributed by atoms with van der Waals surface area (Å²) in [4.78, 5) is 26.4. The van der Waals surface area contributed by atoms with Crippen LogP contribution in [0.2, 0.25) is 0 Å². The molecule has 7 nitrogen and oxygen atoms in total. The lowest BCUT2D eigenvalue weighted by Crippen LogP contribution is -2.46. The van der Waals surface area contributed by atoms with E-state index in [9.17, 15) is 10.1 Å². The molecule has 0 amide bonds. The predicted molar refractivity (Wildman–Crippen MR) is 137 cm³/mol. The standard InChI is InChI=1S/C28H33N5O2/c1-5-32(14-15-35-4)19-10-12-33(13-11-19)20-7-9-21-23(16-20)28(2,3)26-24(25(21)34)22-8-6-18(17-29)30-27(22)31-26/h6-9,16,19H,5,10-15H2,1-4H3,(H,30,31). The van der Waals surface area contributed by atoms with E-state index in [1.807, 2.05) is 12.1 Å². The quantitative estimate of drug-likeness (QED) is 0.579. The van der Waals surface area contributed by atoms with Gasteiger partial charge in [-0.15, -0.1) is 0 Å². The number of nitrogens with zero attached hydrogens (tertiary/aromatic N) is 4. The molecule has 1 aliphatic carbocycles. The number of carbonyl (C=O) groups is 1. The molecule has 1 saturated heterocycles. The van der Waals surface area contributed by atoms with Gasteiger partial charge in [-0.3, -0.25) is 9.69 Å². The van der Waals surface area contributed by atoms with Gasteiger partial charge < -0.3 is 14.6 Å². The summed E-state index contributed by atoms with van der Waals surface area (Å²) in [5, 5.41) is 10.0. The third kappa shape index (κ3) is 3.91. The van der Waals surface area contributed by atoms with Gasteiger partial charge in [0.05, 0.1) is 12.2 Å². The van der Waals surface area contributed by atoms with E-state index in [0.717, 1.165) is 67.8 Å². The third-order valence-corrected chi connectivity index (χ3v) is 7.88. The maximum absolute atomic E-state index is 13.6. The highest BCUT2D eigenvalue weighted by Gasteiger charge is 2.40. The Kier molecular flexibility index (Phi) is 6.12. The van der Waals surface area contributed by atoms with Crippen molar-refractivity contribution in [2.24, 2.45) is 0 Å². The highest BCUT2D eigenvalue weighted by atomic mass is 16.5. The lowest BCUT2D eigenvalue weighted by Gasteiger charge is -2.40. The van der Waals surface area contributed by atoms with Crippen LogP contribution in [0.15, 0.2) is 30.3 Å². The average Bonchev–Trinajstić information content (AvgIpc) is 3.28. The highest BCUT2D eigenvalue weighted by molar-refractivity contribution is 6.19. The van der Waals surface area contributed by atoms with Crippen LogP contribution < -0.4 is 4.90 Å². The van der Waals surface area contributed by atoms with Crippen LogP contribution in [0.25, 0.3) is 11.0 Å². The molecule has 1 N–H and O–H groups in total. The molecule has 1 aliphatic heterocycles. The fourth-order valence-electron chi connectivity index (χ4n) is 5.85. The zero-order chi connectivity index (χ0) is 24.7. The van der Waals surface area contributed by atoms with Gasteiger partial charge in [-0.2, -0.15) is 5.26 Å². The van der Waals surface area contributed by atoms with Crippen LogP contribution >= 0.6 is 0 Å². The van der Waals surface area contributed by atoms with Gasteiger partial charge in [0.25, 0.3) is 0 Å². The molecule has 3 heterocycles. The molecule has 1 fully saturated rings. The van der Waals surface area contributed by atoms with E-state index >= 15 is 0 Å². The molecule has 2 aliphatic rings. The third-order valence-electron chi connectivity index (χ3n) is 7.88. The molecule has 0 radical (unpaired) electrons. The first-order valence-corrected chi connectivity index (χ1v) is 12.5. The van der Waals surface area contributed by atoms with E-state index in [-0.39, 0.29) is 11.2 Å². The Morgan fingerprint density at radius 2 is 2.03 bits per heavy atom. The number of fused-ring (bicyclic) bond motifs is 4. The normalized spacial score (nSPS) is 17.5. The summed E-state index contributed by atoms with van der Waals surface area (Å²) >= 11 is 0. The van der Waals surface area contributed by atoms with Crippen molar-refractivity contribution in [3.05, 3.63) is 58.4 Å². The molecule has 0 atom stereocenters. The first-order chi connectivity index (χ1) is 16.9. The van der Waals surface area contributed by atoms with E-state index in [4.69, 9.17) is 4.74 Å². The fraction of sp³-hybridized carbons (Fsp3) is 0.464. The smallest absolute Gasteiger partial charge is 0.195 e. The number of ketones is 1. The maximum Gasteiger partial charge on any atom is 0.195 e. The number of ether oxygens (including phenoxy) is 1. The Morgan fingerprint density at radius 1 is 1.26 bits per heavy atom. The monoisotopic (exact) mass is 471 g/mol. The number of aromatic amines is 1. The van der Waals surface area contributed by atoms with Crippen LogP contribution in [-0.2, 0) is 10.2 Å². The van der Waals surface area contributed by atoms with E-state index < -0.39 is 0 Å². The Hall–Kier alpha value is -3.21. The molecule has 0 spiro atoms. The first-order valence-electron chi connectivity index (χ1n) is 12.5. The number of piperidine rings is 1. The molecule has 2 aromatic heterocycles. The van der Waals surface area contributed by atoms with Gasteiger partial charge in [0.2, 0.25) is 0 Å². The molecule has 0 saturated carbocycles. The van der Waals surface area contributed by atoms with Crippen molar-refractivity contribution in [3.8, 4) is 6.07 Å². The maximum atomic E-state index is 13.6. The zero-order valence-electron chi connectivity index (χ0n) is 21.0. The van der Waals surface area contributed by atoms with Crippen molar-refractivity contribution in [3.63, 3.8) is 0 Å². The molecule has 3 aromatic rings. The lowest BCUT2D eigenvalue weighted by atomic mass is 9.71. The van der Waals surface area contributed by atoms with Crippen molar-refractivity contribution in [2.75, 3.05) is 44.8 Å². The van der Waals surface area contributed by atoms with E-state index in [0.29, 0.717) is 22.9 Å². The summed E-state index contributed by atoms with van der Waals surface area (Å²) in [5.41, 5.74) is 5.07. The van der Waals surface area contributed by atoms with Gasteiger partial charge in [-0.05, 0) is 55.3 Å². The topological polar surface area (TPSA) is 85.2 Å². The minimum absolute atomic E-state index is 0.0223. The Labute approximate surface area is 206 Å². The van der Waals surface area contributed by atoms with Crippen LogP contribution in [-0.4, -0.2) is 66.6 Å². The number of carbonyl (C=O) groups excluding carboxylic acids is 1. The molecular weight excluding hydrogens is 438 g/mol. The summed E-state index contributed by atoms with van der Waals surface area (Å²) < 4.78 is 5.29. The predicted octanol–water partition coefficient (Wildman–Crippen LogP) is 4.24. The number of nitrogens with one attached hydrogen (secondary N) is 1. The molecule has 7 heteroatoms. The number of anilines is 1. The number of likely N-dealkylation sites (N-methyl/N-ethyl adjacent to an activating group) is 1. The summed E-state index contributed by atoms with van der Waals surface area (Å²) in [7, 11) is 1.76. The molecule has 1 aromatic carbocycles. The second-order valence-electron chi connectivity index (χ2n) is 10.1. The number of aromatic nitrogens is 2. The summed E-state index contributed by atoms with van der Waals surface area (Å²) in [6.07, 6.45) is 2.24. The van der Waals surface area contributed by atoms with E-state index in [1.54, 1.807) is 13.2 Å². The molecule has 182 valence electrons. The number of benzene rings is 1. The second-order valence-corrected chi connectivity index (χ2v) is 10.1. The first kappa shape index (κ1) is 23.5. The average molecular weight is 472 g/mol. The van der Waals surface area contributed by atoms with Gasteiger partial charge >= 0.3 is 0 Å². The molecule has 0 unspecified atom stereocenters. The van der Waals surface area contributed by atoms with Crippen LogP contribution in [0.4, 0.5) is 5.69 Å². The van der Waals surface area contributed by atoms with Gasteiger partial charge in [0, 0.05) is 60.5 Å². The minimum atomic E-state index is -0.389. The number of methoxy groups -OCH3 is 1. The van der Waals surface area contributed by atoms with Crippen LogP contribution in [0, 0.1) is 11.3 Å². The van der Waals surface area contributed by atoms with Crippen molar-refractivity contribution < 1.29 is 9.53 Å². The van der Waals surface area contributed by atoms with Crippen molar-refractivity contribution in [2.45, 2.75) is 45.1 Å². The molecule has 35 heavy (non-hydrogen) atoms. The summed E-state index contributed by atoms with van der Waals surface area (Å²) in [5.74, 6) is 0.0223. The summed E-state index contributed by atoms with van der Waals surface area (Å²) in [6, 6.07) is 12.5. The number of hydrogen-bond acceptors (Lipinski definition) is 6. The second kappa shape index (κ2) is 9.10. The van der Waals surface area contributed by atoms with Crippen LogP contribution in [0.3, 0.4) is 0 Å². The Morgan fingerprint density at radius 3 is 2.71 bits per heavy atom. The lowest BCUT2D eigenvalue weighted by molar-refractivity contribution is 0.103. The minimum Gasteiger partial charge on any atom is -0.383 e. The van der Waals surface area contributed by atoms with Gasteiger partial charge in [0.15, 0.2) is 5.78 Å². The molecular formula is C28H33N5O2. The van der Waals surface area contributed by atoms with Crippen LogP contribution in [0.5, 0.6) is 0 Å². The number of nitriles is 1. The van der Waals surface area contributed by atoms with Crippen LogP contribution in [0.1, 0.15) is 66.5 Å². The van der Waals surface area contributed by atoms with Crippen molar-refractivity contribution in [1.29, 1.82) is 5.26 Å². The van der Waals surface area contributed by atoms with Gasteiger partial charge in [-0.1, -0.05) is 20.8 Å². The number of hydrogen-bond donors (Lipinski definition) is 1. The van der Waals surface area contributed by atoms with Gasteiger partial charge in [-0.25, -0.2) is 4.98 Å². The Bertz CT molecular complexity index is 1310. The van der Waals surface area contributed by atoms with E-state index in [2.05, 4.69) is 58.7 Å². The number of H-pyrrole nitrogens is 1. The zero-order valence-corrected chi connectivity index (χ0v) is 21.0. The van der Waals surface area contributed by atoms with Gasteiger partial charge in [0.1, 0.15) is 17.4 Å². The fourth-order valence-corrected chi connectivity index (χ4v) is 5.85. The summed E-state index contributed by atoms with van der Waals surface area (Å²) in [6.45, 7) is 11.3. The molecule has 0 bridgehead atoms. The Balaban J connectivity index is 1.43. The molecule has 5 rings (SSSR count). The number of pyridine rings is 1. The number of rotatable bonds is 6. The largest absolute Gasteiger partial charge is 0.383 e. The van der Waals surface area contributed by atoms with Crippen molar-refractivity contribution >= 4 is 22.5 Å². The SMILES string of the molecule is CCN(CCOC)C1CCN(c2ccc3c(c2)C(C)(C)c2[nH]c4nc(C#N)ccc4c2C3=O)CC1. The highest BCUT2D eigenvalue weighted by Crippen LogP contribution is 2.44. The van der Waals surface area contributed by atoms with Crippen molar-refractivity contribution in [1.82, 2.24) is 14.9 Å².